The quantitative estimate of drug-likeness (QED) is 0.127. The summed E-state index contributed by atoms with van der Waals surface area (Å²) in [5, 5.41) is 17.2. The molecule has 2 aliphatic rings. The lowest BCUT2D eigenvalue weighted by molar-refractivity contribution is 0.669. The van der Waals surface area contributed by atoms with Gasteiger partial charge in [0.2, 0.25) is 0 Å². The van der Waals surface area contributed by atoms with E-state index in [0.717, 1.165) is 56.4 Å². The van der Waals surface area contributed by atoms with Gasteiger partial charge in [-0.05, 0) is 163 Å². The number of hydrogen-bond acceptors (Lipinski definition) is 4. The molecule has 2 heterocycles. The minimum absolute atomic E-state index is 0.235. The summed E-state index contributed by atoms with van der Waals surface area (Å²) in [7, 11) is 0. The van der Waals surface area contributed by atoms with Gasteiger partial charge in [-0.2, -0.15) is 0 Å². The van der Waals surface area contributed by atoms with E-state index < -0.39 is 0 Å². The molecule has 0 saturated heterocycles. The lowest BCUT2D eigenvalue weighted by atomic mass is 9.84. The average molecular weight is 978 g/mol. The summed E-state index contributed by atoms with van der Waals surface area (Å²) in [6, 6.07) is 83.9. The van der Waals surface area contributed by atoms with Crippen LogP contribution in [0.3, 0.4) is 0 Å². The van der Waals surface area contributed by atoms with Crippen molar-refractivity contribution < 1.29 is 4.42 Å². The van der Waals surface area contributed by atoms with Gasteiger partial charge in [0.1, 0.15) is 17.0 Å². The van der Waals surface area contributed by atoms with Gasteiger partial charge in [0.25, 0.3) is 0 Å². The van der Waals surface area contributed by atoms with Crippen LogP contribution in [0.1, 0.15) is 34.0 Å². The number of nitrogens with zero attached hydrogens (tertiary/aromatic N) is 3. The predicted octanol–water partition coefficient (Wildman–Crippen LogP) is 19.1. The van der Waals surface area contributed by atoms with E-state index in [4.69, 9.17) is 19.4 Å². The Hall–Kier alpha value is -10.0. The van der Waals surface area contributed by atoms with Crippen molar-refractivity contribution >= 4 is 92.6 Å². The molecule has 4 heteroatoms. The van der Waals surface area contributed by atoms with E-state index in [1.165, 1.54) is 109 Å². The molecule has 2 aliphatic carbocycles. The van der Waals surface area contributed by atoms with E-state index >= 15 is 0 Å². The third-order valence-corrected chi connectivity index (χ3v) is 16.7. The highest BCUT2D eigenvalue weighted by atomic mass is 16.3. The summed E-state index contributed by atoms with van der Waals surface area (Å²) in [6.45, 7) is 0. The van der Waals surface area contributed by atoms with E-state index in [1.54, 1.807) is 0 Å². The lowest BCUT2D eigenvalue weighted by Crippen LogP contribution is -2.10. The van der Waals surface area contributed by atoms with E-state index in [1.807, 2.05) is 12.1 Å². The zero-order chi connectivity index (χ0) is 50.3. The molecule has 0 aliphatic heterocycles. The van der Waals surface area contributed by atoms with Crippen LogP contribution >= 0.6 is 0 Å². The van der Waals surface area contributed by atoms with Crippen LogP contribution in [0, 0.1) is 0 Å². The van der Waals surface area contributed by atoms with Crippen LogP contribution in [-0.2, 0) is 6.42 Å². The molecule has 17 rings (SSSR count). The van der Waals surface area contributed by atoms with Gasteiger partial charge in [0.15, 0.2) is 11.6 Å². The molecular formula is C73H43N3O. The van der Waals surface area contributed by atoms with Crippen LogP contribution in [0.4, 0.5) is 0 Å². The van der Waals surface area contributed by atoms with Gasteiger partial charge < -0.3 is 4.42 Å². The van der Waals surface area contributed by atoms with Crippen LogP contribution in [0.25, 0.3) is 149 Å². The maximum Gasteiger partial charge on any atom is 0.163 e. The van der Waals surface area contributed by atoms with Gasteiger partial charge in [0.05, 0.1) is 5.92 Å². The highest BCUT2D eigenvalue weighted by Gasteiger charge is 2.37. The number of benzene rings is 13. The minimum Gasteiger partial charge on any atom is -0.456 e. The molecule has 2 aromatic heterocycles. The molecule has 0 saturated carbocycles. The average Bonchev–Trinajstić information content (AvgIpc) is 4.27. The van der Waals surface area contributed by atoms with E-state index in [2.05, 4.69) is 231 Å². The van der Waals surface area contributed by atoms with Gasteiger partial charge in [-0.15, -0.1) is 0 Å². The Morgan fingerprint density at radius 1 is 0.338 bits per heavy atom. The van der Waals surface area contributed by atoms with Crippen molar-refractivity contribution in [2.45, 2.75) is 12.3 Å². The largest absolute Gasteiger partial charge is 0.456 e. The zero-order valence-electron chi connectivity index (χ0n) is 41.6. The molecule has 0 bridgehead atoms. The van der Waals surface area contributed by atoms with Gasteiger partial charge >= 0.3 is 0 Å². The van der Waals surface area contributed by atoms with Gasteiger partial charge in [0, 0.05) is 21.9 Å². The Bertz CT molecular complexity index is 4940. The van der Waals surface area contributed by atoms with Crippen LogP contribution < -0.4 is 0 Å². The van der Waals surface area contributed by atoms with Crippen LogP contribution in [0.2, 0.25) is 0 Å². The summed E-state index contributed by atoms with van der Waals surface area (Å²) < 4.78 is 6.57. The molecule has 13 aromatic carbocycles. The number of furan rings is 1. The molecule has 1 atom stereocenters. The van der Waals surface area contributed by atoms with Crippen LogP contribution in [-0.4, -0.2) is 15.0 Å². The third kappa shape index (κ3) is 6.30. The highest BCUT2D eigenvalue weighted by Crippen LogP contribution is 2.56. The maximum absolute atomic E-state index is 6.57. The molecule has 77 heavy (non-hydrogen) atoms. The number of aromatic nitrogens is 3. The van der Waals surface area contributed by atoms with Gasteiger partial charge in [-0.25, -0.2) is 15.0 Å². The third-order valence-electron chi connectivity index (χ3n) is 16.7. The number of fused-ring (bicyclic) bond motifs is 16. The number of rotatable bonds is 5. The van der Waals surface area contributed by atoms with Crippen LogP contribution in [0.15, 0.2) is 241 Å². The van der Waals surface area contributed by atoms with Crippen molar-refractivity contribution in [3.05, 3.63) is 265 Å². The maximum atomic E-state index is 6.57. The van der Waals surface area contributed by atoms with E-state index in [-0.39, 0.29) is 5.92 Å². The Morgan fingerprint density at radius 2 is 0.896 bits per heavy atom. The van der Waals surface area contributed by atoms with Crippen molar-refractivity contribution in [1.82, 2.24) is 15.0 Å². The highest BCUT2D eigenvalue weighted by molar-refractivity contribution is 6.31. The van der Waals surface area contributed by atoms with Gasteiger partial charge in [-0.1, -0.05) is 206 Å². The van der Waals surface area contributed by atoms with E-state index in [0.29, 0.717) is 11.6 Å². The minimum atomic E-state index is -0.235. The molecule has 356 valence electrons. The topological polar surface area (TPSA) is 51.8 Å². The lowest BCUT2D eigenvalue weighted by Gasteiger charge is -2.19. The Balaban J connectivity index is 0.877. The Kier molecular flexibility index (Phi) is 8.93. The first kappa shape index (κ1) is 42.3. The Labute approximate surface area is 442 Å². The fourth-order valence-corrected chi connectivity index (χ4v) is 13.3. The standard InChI is InChI=1S/C73H43N3O/c1-3-15-43(16-4-1)71-74-72(44-17-5-2-6-18-44)76-73(75-71)69-58-34-33-56-54-32-29-45(38-59(54)53-26-11-12-27-55(53)67(56)70(58)68-57-28-14-22-42-21-13-23-49(65(42)57)41-62(68)69)46-30-35-63-60(39-46)61-40-50(31-36-64(61)77-63)66-51-24-9-7-19-47(51)37-48-20-8-10-25-52(48)66/h1-22,24-41,69H,23H2. The first-order chi connectivity index (χ1) is 38.2. The van der Waals surface area contributed by atoms with Crippen molar-refractivity contribution in [2.75, 3.05) is 0 Å². The smallest absolute Gasteiger partial charge is 0.163 e. The monoisotopic (exact) mass is 977 g/mol. The molecule has 0 amide bonds. The molecular weight excluding hydrogens is 935 g/mol. The zero-order valence-corrected chi connectivity index (χ0v) is 41.6. The number of allylic oxidation sites excluding steroid dienone is 1. The number of hydrogen-bond donors (Lipinski definition) is 0. The summed E-state index contributed by atoms with van der Waals surface area (Å²) >= 11 is 0. The molecule has 0 N–H and O–H groups in total. The van der Waals surface area contributed by atoms with Crippen molar-refractivity contribution in [1.29, 1.82) is 0 Å². The fourth-order valence-electron chi connectivity index (χ4n) is 13.3. The van der Waals surface area contributed by atoms with Crippen molar-refractivity contribution in [3.63, 3.8) is 0 Å². The molecule has 15 aromatic rings. The normalized spacial score (nSPS) is 13.7. The molecule has 0 fully saturated rings. The van der Waals surface area contributed by atoms with Crippen molar-refractivity contribution in [3.8, 4) is 56.2 Å². The second kappa shape index (κ2) is 16.2. The summed E-state index contributed by atoms with van der Waals surface area (Å²) in [5.41, 5.74) is 16.0. The second-order valence-corrected chi connectivity index (χ2v) is 20.9. The summed E-state index contributed by atoms with van der Waals surface area (Å²) in [6.07, 6.45) is 5.46. The summed E-state index contributed by atoms with van der Waals surface area (Å²) in [4.78, 5) is 16.0. The Morgan fingerprint density at radius 3 is 1.61 bits per heavy atom. The fraction of sp³-hybridized carbons (Fsp3) is 0.0274. The SMILES string of the molecule is C1=Cc2cccc3c4c(cc(c23)C1)C(c1nc(-c2ccccc2)nc(-c2ccccc2)n1)c1ccc2c3ccc(-c5ccc6oc7ccc(-c8c9ccccc9cc9ccccc89)cc7c6c5)cc3c3ccccc3c2c1-4. The van der Waals surface area contributed by atoms with Gasteiger partial charge in [-0.3, -0.25) is 0 Å². The molecule has 0 spiro atoms. The molecule has 0 radical (unpaired) electrons. The predicted molar refractivity (Wildman–Crippen MR) is 319 cm³/mol. The summed E-state index contributed by atoms with van der Waals surface area (Å²) in [5.74, 6) is 1.86. The molecule has 1 unspecified atom stereocenters. The van der Waals surface area contributed by atoms with Crippen LogP contribution in [0.5, 0.6) is 0 Å². The first-order valence-corrected chi connectivity index (χ1v) is 26.6. The molecule has 4 nitrogen and oxygen atoms in total. The first-order valence-electron chi connectivity index (χ1n) is 26.6. The second-order valence-electron chi connectivity index (χ2n) is 20.9. The van der Waals surface area contributed by atoms with E-state index in [9.17, 15) is 0 Å². The van der Waals surface area contributed by atoms with Crippen molar-refractivity contribution in [2.24, 2.45) is 0 Å².